The average Bonchev–Trinajstić information content (AvgIpc) is 3.05. The van der Waals surface area contributed by atoms with Crippen LogP contribution >= 0.6 is 0 Å². The minimum atomic E-state index is -3.57. The molecule has 1 aliphatic rings. The normalized spacial score (nSPS) is 18.1. The molecule has 1 aromatic rings. The Morgan fingerprint density at radius 1 is 1.43 bits per heavy atom. The number of aryl methyl sites for hydroxylation is 1. The minimum Gasteiger partial charge on any atom is -0.381 e. The fraction of sp³-hybridized carbons (Fsp3) is 0.562. The van der Waals surface area contributed by atoms with E-state index in [9.17, 15) is 13.2 Å². The number of nitrogens with one attached hydrogen (secondary N) is 1. The summed E-state index contributed by atoms with van der Waals surface area (Å²) in [5.74, 6) is 0.216. The van der Waals surface area contributed by atoms with Crippen LogP contribution in [-0.4, -0.2) is 52.6 Å². The molecule has 1 aliphatic heterocycles. The number of carbonyl (C=O) groups is 1. The highest BCUT2D eigenvalue weighted by Crippen LogP contribution is 2.20. The van der Waals surface area contributed by atoms with E-state index in [0.717, 1.165) is 18.6 Å². The maximum Gasteiger partial charge on any atom is 0.254 e. The summed E-state index contributed by atoms with van der Waals surface area (Å²) in [6.45, 7) is 6.38. The second-order valence-electron chi connectivity index (χ2n) is 5.76. The van der Waals surface area contributed by atoms with E-state index in [1.807, 2.05) is 13.8 Å². The predicted octanol–water partition coefficient (Wildman–Crippen LogP) is 1.40. The molecular weight excluding hydrogens is 316 g/mol. The Morgan fingerprint density at radius 3 is 2.74 bits per heavy atom. The molecule has 0 spiro atoms. The van der Waals surface area contributed by atoms with Crippen molar-refractivity contribution in [1.82, 2.24) is 9.62 Å². The van der Waals surface area contributed by atoms with Gasteiger partial charge in [-0.2, -0.15) is 0 Å². The molecule has 1 atom stereocenters. The standard InChI is InChI=1S/C16H24N2O4S/c1-4-18(10-13-7-8-22-11-13)16(19)15-9-14(6-5-12(15)2)23(20,21)17-3/h5-6,9,13,17H,4,7-8,10-11H2,1-3H3/t13-/m1/s1. The second-order valence-corrected chi connectivity index (χ2v) is 7.64. The van der Waals surface area contributed by atoms with E-state index < -0.39 is 10.0 Å². The van der Waals surface area contributed by atoms with Gasteiger partial charge in [0.25, 0.3) is 5.91 Å². The third-order valence-corrected chi connectivity index (χ3v) is 5.60. The van der Waals surface area contributed by atoms with Crippen LogP contribution in [0.25, 0.3) is 0 Å². The van der Waals surface area contributed by atoms with Gasteiger partial charge in [-0.3, -0.25) is 4.79 Å². The van der Waals surface area contributed by atoms with Crippen molar-refractivity contribution >= 4 is 15.9 Å². The molecule has 0 unspecified atom stereocenters. The smallest absolute Gasteiger partial charge is 0.254 e. The SMILES string of the molecule is CCN(C[C@H]1CCOC1)C(=O)c1cc(S(=O)(=O)NC)ccc1C. The molecule has 128 valence electrons. The van der Waals surface area contributed by atoms with Crippen LogP contribution in [-0.2, 0) is 14.8 Å². The lowest BCUT2D eigenvalue weighted by molar-refractivity contribution is 0.0730. The van der Waals surface area contributed by atoms with Crippen LogP contribution in [0.15, 0.2) is 23.1 Å². The fourth-order valence-electron chi connectivity index (χ4n) is 2.68. The third-order valence-electron chi connectivity index (χ3n) is 4.19. The van der Waals surface area contributed by atoms with Crippen molar-refractivity contribution in [3.05, 3.63) is 29.3 Å². The van der Waals surface area contributed by atoms with E-state index in [-0.39, 0.29) is 10.8 Å². The molecule has 23 heavy (non-hydrogen) atoms. The van der Waals surface area contributed by atoms with E-state index in [1.165, 1.54) is 19.2 Å². The summed E-state index contributed by atoms with van der Waals surface area (Å²) in [5, 5.41) is 0. The Balaban J connectivity index is 2.27. The highest BCUT2D eigenvalue weighted by Gasteiger charge is 2.24. The Bertz CT molecular complexity index is 667. The van der Waals surface area contributed by atoms with E-state index in [4.69, 9.17) is 4.74 Å². The van der Waals surface area contributed by atoms with Crippen LogP contribution in [0.2, 0.25) is 0 Å². The molecule has 1 amide bonds. The Kier molecular flexibility index (Phi) is 5.78. The quantitative estimate of drug-likeness (QED) is 0.849. The largest absolute Gasteiger partial charge is 0.381 e. The number of hydrogen-bond donors (Lipinski definition) is 1. The number of nitrogens with zero attached hydrogens (tertiary/aromatic N) is 1. The maximum atomic E-state index is 12.8. The van der Waals surface area contributed by atoms with Gasteiger partial charge >= 0.3 is 0 Å². The molecule has 7 heteroatoms. The van der Waals surface area contributed by atoms with Crippen molar-refractivity contribution in [2.45, 2.75) is 25.2 Å². The third kappa shape index (κ3) is 4.10. The summed E-state index contributed by atoms with van der Waals surface area (Å²) in [6.07, 6.45) is 0.955. The van der Waals surface area contributed by atoms with Crippen LogP contribution in [0.5, 0.6) is 0 Å². The fourth-order valence-corrected chi connectivity index (χ4v) is 3.44. The summed E-state index contributed by atoms with van der Waals surface area (Å²) < 4.78 is 31.5. The van der Waals surface area contributed by atoms with E-state index in [2.05, 4.69) is 4.72 Å². The molecule has 1 aromatic carbocycles. The number of benzene rings is 1. The highest BCUT2D eigenvalue weighted by atomic mass is 32.2. The summed E-state index contributed by atoms with van der Waals surface area (Å²) in [6, 6.07) is 4.64. The molecular formula is C16H24N2O4S. The van der Waals surface area contributed by atoms with Crippen molar-refractivity contribution < 1.29 is 17.9 Å². The molecule has 1 fully saturated rings. The van der Waals surface area contributed by atoms with E-state index in [0.29, 0.717) is 31.2 Å². The molecule has 0 saturated carbocycles. The summed E-state index contributed by atoms with van der Waals surface area (Å²) >= 11 is 0. The summed E-state index contributed by atoms with van der Waals surface area (Å²) in [5.41, 5.74) is 1.20. The van der Waals surface area contributed by atoms with Gasteiger partial charge in [0.15, 0.2) is 0 Å². The van der Waals surface area contributed by atoms with Crippen LogP contribution in [0, 0.1) is 12.8 Å². The Morgan fingerprint density at radius 2 is 2.17 bits per heavy atom. The number of hydrogen-bond acceptors (Lipinski definition) is 4. The van der Waals surface area contributed by atoms with Crippen LogP contribution < -0.4 is 4.72 Å². The van der Waals surface area contributed by atoms with Crippen LogP contribution in [0.1, 0.15) is 29.3 Å². The second kappa shape index (κ2) is 7.42. The molecule has 1 saturated heterocycles. The zero-order chi connectivity index (χ0) is 17.0. The molecule has 0 aromatic heterocycles. The van der Waals surface area contributed by atoms with Gasteiger partial charge < -0.3 is 9.64 Å². The topological polar surface area (TPSA) is 75.7 Å². The van der Waals surface area contributed by atoms with Gasteiger partial charge in [-0.05, 0) is 45.0 Å². The van der Waals surface area contributed by atoms with Gasteiger partial charge in [-0.1, -0.05) is 6.07 Å². The first-order valence-corrected chi connectivity index (χ1v) is 9.28. The zero-order valence-electron chi connectivity index (χ0n) is 13.8. The first kappa shape index (κ1) is 17.9. The number of carbonyl (C=O) groups excluding carboxylic acids is 1. The first-order chi connectivity index (χ1) is 10.9. The number of sulfonamides is 1. The minimum absolute atomic E-state index is 0.106. The first-order valence-electron chi connectivity index (χ1n) is 7.80. The van der Waals surface area contributed by atoms with Gasteiger partial charge in [-0.25, -0.2) is 13.1 Å². The lowest BCUT2D eigenvalue weighted by atomic mass is 10.1. The highest BCUT2D eigenvalue weighted by molar-refractivity contribution is 7.89. The lowest BCUT2D eigenvalue weighted by Gasteiger charge is -2.24. The van der Waals surface area contributed by atoms with Gasteiger partial charge in [0, 0.05) is 31.2 Å². The molecule has 0 bridgehead atoms. The van der Waals surface area contributed by atoms with Crippen molar-refractivity contribution in [2.24, 2.45) is 5.92 Å². The predicted molar refractivity (Wildman–Crippen MR) is 87.9 cm³/mol. The van der Waals surface area contributed by atoms with Crippen molar-refractivity contribution in [3.8, 4) is 0 Å². The summed E-state index contributed by atoms with van der Waals surface area (Å²) in [7, 11) is -2.21. The van der Waals surface area contributed by atoms with Gasteiger partial charge in [-0.15, -0.1) is 0 Å². The van der Waals surface area contributed by atoms with Gasteiger partial charge in [0.1, 0.15) is 0 Å². The maximum absolute atomic E-state index is 12.8. The Hall–Kier alpha value is -1.44. The van der Waals surface area contributed by atoms with Crippen molar-refractivity contribution in [3.63, 3.8) is 0 Å². The van der Waals surface area contributed by atoms with Crippen LogP contribution in [0.4, 0.5) is 0 Å². The molecule has 0 aliphatic carbocycles. The Labute approximate surface area is 137 Å². The number of amides is 1. The van der Waals surface area contributed by atoms with Crippen molar-refractivity contribution in [2.75, 3.05) is 33.4 Å². The molecule has 1 N–H and O–H groups in total. The average molecular weight is 340 g/mol. The number of rotatable bonds is 6. The zero-order valence-corrected chi connectivity index (χ0v) is 14.6. The monoisotopic (exact) mass is 340 g/mol. The van der Waals surface area contributed by atoms with Crippen LogP contribution in [0.3, 0.4) is 0 Å². The number of ether oxygens (including phenoxy) is 1. The van der Waals surface area contributed by atoms with E-state index >= 15 is 0 Å². The van der Waals surface area contributed by atoms with E-state index in [1.54, 1.807) is 11.0 Å². The molecule has 2 rings (SSSR count). The van der Waals surface area contributed by atoms with Crippen molar-refractivity contribution in [1.29, 1.82) is 0 Å². The molecule has 0 radical (unpaired) electrons. The van der Waals surface area contributed by atoms with Gasteiger partial charge in [0.2, 0.25) is 10.0 Å². The van der Waals surface area contributed by atoms with Gasteiger partial charge in [0.05, 0.1) is 11.5 Å². The molecule has 1 heterocycles. The summed E-state index contributed by atoms with van der Waals surface area (Å²) in [4.78, 5) is 14.7. The molecule has 6 nitrogen and oxygen atoms in total. The lowest BCUT2D eigenvalue weighted by Crippen LogP contribution is -2.36.